The summed E-state index contributed by atoms with van der Waals surface area (Å²) in [6, 6.07) is 5.47. The molecule has 2 heterocycles. The van der Waals surface area contributed by atoms with E-state index < -0.39 is 5.79 Å². The number of halogens is 1. The molecule has 1 fully saturated rings. The molecule has 1 aromatic carbocycles. The van der Waals surface area contributed by atoms with Crippen LogP contribution in [-0.2, 0) is 20.7 Å². The van der Waals surface area contributed by atoms with E-state index >= 15 is 0 Å². The highest BCUT2D eigenvalue weighted by Crippen LogP contribution is 2.33. The van der Waals surface area contributed by atoms with E-state index in [2.05, 4.69) is 10.2 Å². The Labute approximate surface area is 138 Å². The van der Waals surface area contributed by atoms with Gasteiger partial charge in [-0.25, -0.2) is 0 Å². The van der Waals surface area contributed by atoms with Gasteiger partial charge in [0.25, 0.3) is 0 Å². The molecule has 0 bridgehead atoms. The molecule has 3 rings (SSSR count). The zero-order chi connectivity index (χ0) is 16.4. The molecule has 0 spiro atoms. The summed E-state index contributed by atoms with van der Waals surface area (Å²) < 4.78 is 16.9. The fourth-order valence-electron chi connectivity index (χ4n) is 2.39. The van der Waals surface area contributed by atoms with Crippen LogP contribution in [0, 0.1) is 0 Å². The van der Waals surface area contributed by atoms with E-state index in [9.17, 15) is 4.79 Å². The standard InChI is InChI=1S/C16H17ClN2O4/c1-16(2)21-9-13(23-16)15-19-18-14(22-15)11-6-5-10(4-3-7-20)12(17)8-11/h5-8,13H,3-4,9H2,1-2H3/t13-/m0/s1. The van der Waals surface area contributed by atoms with Crippen LogP contribution >= 0.6 is 11.6 Å². The van der Waals surface area contributed by atoms with Crippen molar-refractivity contribution in [3.05, 3.63) is 34.7 Å². The molecule has 1 aliphatic heterocycles. The largest absolute Gasteiger partial charge is 0.418 e. The number of ether oxygens (including phenoxy) is 2. The Morgan fingerprint density at radius 2 is 2.22 bits per heavy atom. The summed E-state index contributed by atoms with van der Waals surface area (Å²) in [5.41, 5.74) is 1.64. The lowest BCUT2D eigenvalue weighted by Crippen LogP contribution is -2.19. The van der Waals surface area contributed by atoms with Crippen molar-refractivity contribution < 1.29 is 18.7 Å². The van der Waals surface area contributed by atoms with Crippen LogP contribution in [0.1, 0.15) is 37.8 Å². The smallest absolute Gasteiger partial charge is 0.248 e. The first-order chi connectivity index (χ1) is 11.0. The van der Waals surface area contributed by atoms with Crippen molar-refractivity contribution in [2.24, 2.45) is 0 Å². The van der Waals surface area contributed by atoms with Gasteiger partial charge in [0, 0.05) is 17.0 Å². The van der Waals surface area contributed by atoms with Gasteiger partial charge in [-0.05, 0) is 38.0 Å². The second-order valence-electron chi connectivity index (χ2n) is 5.77. The number of aromatic nitrogens is 2. The van der Waals surface area contributed by atoms with Crippen LogP contribution in [0.3, 0.4) is 0 Å². The first-order valence-corrected chi connectivity index (χ1v) is 7.74. The molecule has 0 saturated carbocycles. The monoisotopic (exact) mass is 336 g/mol. The third-order valence-electron chi connectivity index (χ3n) is 3.56. The molecule has 2 aromatic rings. The number of carbonyl (C=O) groups is 1. The second-order valence-corrected chi connectivity index (χ2v) is 6.18. The Balaban J connectivity index is 1.78. The Hall–Kier alpha value is -1.76. The van der Waals surface area contributed by atoms with Gasteiger partial charge in [0.05, 0.1) is 6.61 Å². The zero-order valence-corrected chi connectivity index (χ0v) is 13.7. The summed E-state index contributed by atoms with van der Waals surface area (Å²) >= 11 is 6.24. The van der Waals surface area contributed by atoms with E-state index in [4.69, 9.17) is 25.5 Å². The van der Waals surface area contributed by atoms with Crippen LogP contribution in [0.4, 0.5) is 0 Å². The highest BCUT2D eigenvalue weighted by atomic mass is 35.5. The molecule has 0 aliphatic carbocycles. The minimum absolute atomic E-state index is 0.367. The normalized spacial score (nSPS) is 19.9. The highest BCUT2D eigenvalue weighted by Gasteiger charge is 2.36. The summed E-state index contributed by atoms with van der Waals surface area (Å²) in [7, 11) is 0. The van der Waals surface area contributed by atoms with Gasteiger partial charge >= 0.3 is 0 Å². The maximum Gasteiger partial charge on any atom is 0.248 e. The number of carbonyl (C=O) groups excluding carboxylic acids is 1. The van der Waals surface area contributed by atoms with Crippen molar-refractivity contribution in [1.29, 1.82) is 0 Å². The Kier molecular flexibility index (Phi) is 4.48. The quantitative estimate of drug-likeness (QED) is 0.779. The van der Waals surface area contributed by atoms with Crippen molar-refractivity contribution in [1.82, 2.24) is 10.2 Å². The number of aldehydes is 1. The molecule has 1 aromatic heterocycles. The van der Waals surface area contributed by atoms with E-state index in [1.807, 2.05) is 26.0 Å². The predicted molar refractivity (Wildman–Crippen MR) is 83.0 cm³/mol. The van der Waals surface area contributed by atoms with E-state index in [1.54, 1.807) is 6.07 Å². The molecular formula is C16H17ClN2O4. The number of aryl methyl sites for hydroxylation is 1. The number of hydrogen-bond donors (Lipinski definition) is 0. The Morgan fingerprint density at radius 1 is 1.39 bits per heavy atom. The van der Waals surface area contributed by atoms with Crippen LogP contribution < -0.4 is 0 Å². The molecule has 0 N–H and O–H groups in total. The molecule has 1 atom stereocenters. The molecule has 0 amide bonds. The van der Waals surface area contributed by atoms with E-state index in [0.717, 1.165) is 17.4 Å². The van der Waals surface area contributed by atoms with Crippen molar-refractivity contribution in [2.45, 2.75) is 38.6 Å². The molecule has 0 unspecified atom stereocenters. The fourth-order valence-corrected chi connectivity index (χ4v) is 2.66. The predicted octanol–water partition coefficient (Wildman–Crippen LogP) is 3.35. The van der Waals surface area contributed by atoms with Gasteiger partial charge in [0.15, 0.2) is 11.9 Å². The van der Waals surface area contributed by atoms with Crippen LogP contribution in [0.25, 0.3) is 11.5 Å². The molecule has 6 nitrogen and oxygen atoms in total. The third-order valence-corrected chi connectivity index (χ3v) is 3.91. The van der Waals surface area contributed by atoms with Gasteiger partial charge in [0.1, 0.15) is 6.29 Å². The first kappa shape index (κ1) is 16.1. The van der Waals surface area contributed by atoms with Crippen LogP contribution in [0.5, 0.6) is 0 Å². The maximum absolute atomic E-state index is 10.5. The first-order valence-electron chi connectivity index (χ1n) is 7.36. The van der Waals surface area contributed by atoms with Crippen LogP contribution in [0.15, 0.2) is 22.6 Å². The van der Waals surface area contributed by atoms with Crippen LogP contribution in [0.2, 0.25) is 5.02 Å². The van der Waals surface area contributed by atoms with Crippen molar-refractivity contribution in [2.75, 3.05) is 6.61 Å². The molecule has 1 aliphatic rings. The number of benzene rings is 1. The lowest BCUT2D eigenvalue weighted by molar-refractivity contribution is -0.141. The second kappa shape index (κ2) is 6.39. The topological polar surface area (TPSA) is 74.5 Å². The third kappa shape index (κ3) is 3.60. The minimum Gasteiger partial charge on any atom is -0.418 e. The SMILES string of the molecule is CC1(C)OC[C@@H](c2nnc(-c3ccc(CCC=O)c(Cl)c3)o2)O1. The summed E-state index contributed by atoms with van der Waals surface area (Å²) in [5.74, 6) is 0.104. The van der Waals surface area contributed by atoms with Crippen molar-refractivity contribution >= 4 is 17.9 Å². The van der Waals surface area contributed by atoms with Gasteiger partial charge in [0.2, 0.25) is 11.8 Å². The zero-order valence-electron chi connectivity index (χ0n) is 12.9. The summed E-state index contributed by atoms with van der Waals surface area (Å²) in [6.07, 6.45) is 1.56. The molecule has 23 heavy (non-hydrogen) atoms. The number of nitrogens with zero attached hydrogens (tertiary/aromatic N) is 2. The Bertz CT molecular complexity index is 714. The molecule has 0 radical (unpaired) electrons. The van der Waals surface area contributed by atoms with E-state index in [-0.39, 0.29) is 6.10 Å². The molecule has 7 heteroatoms. The van der Waals surface area contributed by atoms with E-state index in [0.29, 0.717) is 36.3 Å². The lowest BCUT2D eigenvalue weighted by Gasteiger charge is -2.15. The van der Waals surface area contributed by atoms with E-state index in [1.165, 1.54) is 0 Å². The molecular weight excluding hydrogens is 320 g/mol. The van der Waals surface area contributed by atoms with Gasteiger partial charge in [-0.2, -0.15) is 0 Å². The summed E-state index contributed by atoms with van der Waals surface area (Å²) in [5, 5.41) is 8.65. The summed E-state index contributed by atoms with van der Waals surface area (Å²) in [4.78, 5) is 10.5. The number of rotatable bonds is 5. The van der Waals surface area contributed by atoms with Crippen molar-refractivity contribution in [3.8, 4) is 11.5 Å². The average molecular weight is 337 g/mol. The molecule has 122 valence electrons. The Morgan fingerprint density at radius 3 is 2.87 bits per heavy atom. The van der Waals surface area contributed by atoms with Gasteiger partial charge < -0.3 is 18.7 Å². The highest BCUT2D eigenvalue weighted by molar-refractivity contribution is 6.31. The average Bonchev–Trinajstić information content (AvgIpc) is 3.12. The summed E-state index contributed by atoms with van der Waals surface area (Å²) in [6.45, 7) is 4.05. The van der Waals surface area contributed by atoms with Crippen molar-refractivity contribution in [3.63, 3.8) is 0 Å². The molecule has 1 saturated heterocycles. The van der Waals surface area contributed by atoms with Gasteiger partial charge in [-0.15, -0.1) is 10.2 Å². The minimum atomic E-state index is -0.650. The fraction of sp³-hybridized carbons (Fsp3) is 0.438. The number of hydrogen-bond acceptors (Lipinski definition) is 6. The van der Waals surface area contributed by atoms with Gasteiger partial charge in [-0.1, -0.05) is 17.7 Å². The van der Waals surface area contributed by atoms with Crippen LogP contribution in [-0.4, -0.2) is 28.9 Å². The maximum atomic E-state index is 10.5. The van der Waals surface area contributed by atoms with Gasteiger partial charge in [-0.3, -0.25) is 0 Å². The lowest BCUT2D eigenvalue weighted by atomic mass is 10.1.